The van der Waals surface area contributed by atoms with Gasteiger partial charge in [0.2, 0.25) is 0 Å². The summed E-state index contributed by atoms with van der Waals surface area (Å²) < 4.78 is 13.6. The van der Waals surface area contributed by atoms with E-state index in [0.29, 0.717) is 0 Å². The van der Waals surface area contributed by atoms with Crippen LogP contribution in [0.25, 0.3) is 0 Å². The molecule has 20 heavy (non-hydrogen) atoms. The van der Waals surface area contributed by atoms with Crippen LogP contribution in [0, 0.1) is 5.82 Å². The van der Waals surface area contributed by atoms with Crippen molar-refractivity contribution in [2.45, 2.75) is 50.6 Å². The molecule has 2 rings (SSSR count). The van der Waals surface area contributed by atoms with Gasteiger partial charge >= 0.3 is 0 Å². The molecule has 1 aliphatic carbocycles. The Hall–Kier alpha value is -1.00. The average molecular weight is 279 g/mol. The van der Waals surface area contributed by atoms with Gasteiger partial charge in [-0.3, -0.25) is 4.98 Å². The van der Waals surface area contributed by atoms with Gasteiger partial charge in [-0.05, 0) is 45.1 Å². The van der Waals surface area contributed by atoms with Crippen LogP contribution < -0.4 is 5.32 Å². The third kappa shape index (κ3) is 3.01. The number of halogens is 1. The molecule has 0 bridgehead atoms. The van der Waals surface area contributed by atoms with E-state index in [9.17, 15) is 4.39 Å². The van der Waals surface area contributed by atoms with Crippen molar-refractivity contribution in [1.82, 2.24) is 15.2 Å². The van der Waals surface area contributed by atoms with Crippen molar-refractivity contribution in [2.24, 2.45) is 0 Å². The predicted octanol–water partition coefficient (Wildman–Crippen LogP) is 3.14. The zero-order valence-electron chi connectivity index (χ0n) is 12.8. The highest BCUT2D eigenvalue weighted by Gasteiger charge is 2.42. The zero-order chi connectivity index (χ0) is 14.6. The Labute approximate surface area is 121 Å². The molecule has 1 atom stereocenters. The van der Waals surface area contributed by atoms with Crippen LogP contribution in [0.3, 0.4) is 0 Å². The molecule has 112 valence electrons. The van der Waals surface area contributed by atoms with Crippen LogP contribution in [-0.4, -0.2) is 36.1 Å². The lowest BCUT2D eigenvalue weighted by atomic mass is 9.73. The minimum absolute atomic E-state index is 0.0593. The fourth-order valence-corrected chi connectivity index (χ4v) is 3.57. The van der Waals surface area contributed by atoms with E-state index in [0.717, 1.165) is 24.9 Å². The summed E-state index contributed by atoms with van der Waals surface area (Å²) in [6, 6.07) is 1.76. The number of aromatic nitrogens is 1. The molecule has 4 heteroatoms. The normalized spacial score (nSPS) is 20.1. The molecule has 1 N–H and O–H groups in total. The molecule has 1 saturated carbocycles. The van der Waals surface area contributed by atoms with E-state index >= 15 is 0 Å². The summed E-state index contributed by atoms with van der Waals surface area (Å²) in [5, 5.41) is 3.57. The molecule has 0 spiro atoms. The van der Waals surface area contributed by atoms with Crippen LogP contribution in [-0.2, 0) is 0 Å². The number of nitrogens with zero attached hydrogens (tertiary/aromatic N) is 2. The van der Waals surface area contributed by atoms with Crippen molar-refractivity contribution < 1.29 is 4.39 Å². The van der Waals surface area contributed by atoms with Gasteiger partial charge in [-0.2, -0.15) is 0 Å². The zero-order valence-corrected chi connectivity index (χ0v) is 12.8. The highest BCUT2D eigenvalue weighted by atomic mass is 19.1. The second kappa shape index (κ2) is 6.64. The van der Waals surface area contributed by atoms with Crippen molar-refractivity contribution in [3.05, 3.63) is 29.8 Å². The monoisotopic (exact) mass is 279 g/mol. The summed E-state index contributed by atoms with van der Waals surface area (Å²) in [6.45, 7) is 2.97. The summed E-state index contributed by atoms with van der Waals surface area (Å²) in [5.74, 6) is -0.255. The van der Waals surface area contributed by atoms with Crippen LogP contribution in [0.5, 0.6) is 0 Å². The molecule has 0 amide bonds. The molecule has 1 aromatic heterocycles. The largest absolute Gasteiger partial charge is 0.309 e. The fraction of sp³-hybridized carbons (Fsp3) is 0.688. The maximum atomic E-state index is 13.6. The highest BCUT2D eigenvalue weighted by molar-refractivity contribution is 5.21. The van der Waals surface area contributed by atoms with Crippen molar-refractivity contribution in [3.8, 4) is 0 Å². The van der Waals surface area contributed by atoms with Gasteiger partial charge < -0.3 is 10.2 Å². The van der Waals surface area contributed by atoms with Gasteiger partial charge in [0.15, 0.2) is 0 Å². The van der Waals surface area contributed by atoms with Crippen LogP contribution in [0.1, 0.15) is 50.6 Å². The van der Waals surface area contributed by atoms with E-state index in [1.54, 1.807) is 12.3 Å². The van der Waals surface area contributed by atoms with Crippen molar-refractivity contribution in [2.75, 3.05) is 20.6 Å². The number of likely N-dealkylation sites (N-methyl/N-ethyl adjacent to an activating group) is 2. The molecule has 0 aliphatic heterocycles. The standard InChI is InChI=1S/C16H26FN3/c1-4-19-15(13-10-14(17)12-18-11-13)16(20(2)3)8-6-5-7-9-16/h10-12,15,19H,4-9H2,1-3H3. The first-order chi connectivity index (χ1) is 9.60. The highest BCUT2D eigenvalue weighted by Crippen LogP contribution is 2.41. The summed E-state index contributed by atoms with van der Waals surface area (Å²) in [4.78, 5) is 6.36. The first kappa shape index (κ1) is 15.4. The molecule has 3 nitrogen and oxygen atoms in total. The van der Waals surface area contributed by atoms with E-state index in [1.807, 2.05) is 0 Å². The Morgan fingerprint density at radius 3 is 2.55 bits per heavy atom. The molecule has 0 aromatic carbocycles. The van der Waals surface area contributed by atoms with E-state index in [1.165, 1.54) is 25.5 Å². The number of pyridine rings is 1. The molecule has 1 fully saturated rings. The SMILES string of the molecule is CCNC(c1cncc(F)c1)C1(N(C)C)CCCCC1. The number of rotatable bonds is 5. The van der Waals surface area contributed by atoms with Gasteiger partial charge in [-0.15, -0.1) is 0 Å². The first-order valence-electron chi connectivity index (χ1n) is 7.61. The number of nitrogens with one attached hydrogen (secondary N) is 1. The number of hydrogen-bond donors (Lipinski definition) is 1. The van der Waals surface area contributed by atoms with E-state index < -0.39 is 0 Å². The smallest absolute Gasteiger partial charge is 0.141 e. The van der Waals surface area contributed by atoms with Gasteiger partial charge in [0.25, 0.3) is 0 Å². The van der Waals surface area contributed by atoms with E-state index in [-0.39, 0.29) is 17.4 Å². The van der Waals surface area contributed by atoms with Gasteiger partial charge in [-0.1, -0.05) is 26.2 Å². The van der Waals surface area contributed by atoms with Crippen LogP contribution in [0.2, 0.25) is 0 Å². The Kier molecular flexibility index (Phi) is 5.11. The molecular formula is C16H26FN3. The van der Waals surface area contributed by atoms with Gasteiger partial charge in [0, 0.05) is 11.7 Å². The summed E-state index contributed by atoms with van der Waals surface area (Å²) >= 11 is 0. The van der Waals surface area contributed by atoms with Crippen LogP contribution >= 0.6 is 0 Å². The predicted molar refractivity (Wildman–Crippen MR) is 80.1 cm³/mol. The molecular weight excluding hydrogens is 253 g/mol. The summed E-state index contributed by atoms with van der Waals surface area (Å²) in [6.07, 6.45) is 9.15. The molecule has 1 aromatic rings. The number of hydrogen-bond acceptors (Lipinski definition) is 3. The van der Waals surface area contributed by atoms with Crippen LogP contribution in [0.4, 0.5) is 4.39 Å². The summed E-state index contributed by atoms with van der Waals surface area (Å²) in [5.41, 5.74) is 1.02. The summed E-state index contributed by atoms with van der Waals surface area (Å²) in [7, 11) is 4.28. The fourth-order valence-electron chi connectivity index (χ4n) is 3.57. The second-order valence-corrected chi connectivity index (χ2v) is 5.99. The van der Waals surface area contributed by atoms with E-state index in [2.05, 4.69) is 36.2 Å². The van der Waals surface area contributed by atoms with Crippen LogP contribution in [0.15, 0.2) is 18.5 Å². The first-order valence-corrected chi connectivity index (χ1v) is 7.61. The Morgan fingerprint density at radius 1 is 1.30 bits per heavy atom. The van der Waals surface area contributed by atoms with Crippen molar-refractivity contribution in [1.29, 1.82) is 0 Å². The molecule has 0 radical (unpaired) electrons. The maximum Gasteiger partial charge on any atom is 0.141 e. The molecule has 1 heterocycles. The van der Waals surface area contributed by atoms with Gasteiger partial charge in [-0.25, -0.2) is 4.39 Å². The average Bonchev–Trinajstić information content (AvgIpc) is 2.45. The third-order valence-corrected chi connectivity index (χ3v) is 4.61. The Bertz CT molecular complexity index is 427. The van der Waals surface area contributed by atoms with E-state index in [4.69, 9.17) is 0 Å². The Balaban J connectivity index is 2.38. The van der Waals surface area contributed by atoms with Gasteiger partial charge in [0.1, 0.15) is 5.82 Å². The lowest BCUT2D eigenvalue weighted by Crippen LogP contribution is -2.55. The quantitative estimate of drug-likeness (QED) is 0.897. The van der Waals surface area contributed by atoms with Crippen molar-refractivity contribution >= 4 is 0 Å². The Morgan fingerprint density at radius 2 is 2.00 bits per heavy atom. The topological polar surface area (TPSA) is 28.2 Å². The maximum absolute atomic E-state index is 13.6. The lowest BCUT2D eigenvalue weighted by Gasteiger charge is -2.49. The molecule has 1 aliphatic rings. The molecule has 1 unspecified atom stereocenters. The van der Waals surface area contributed by atoms with Gasteiger partial charge in [0.05, 0.1) is 12.2 Å². The van der Waals surface area contributed by atoms with Crippen molar-refractivity contribution in [3.63, 3.8) is 0 Å². The molecule has 0 saturated heterocycles. The minimum Gasteiger partial charge on any atom is -0.309 e. The third-order valence-electron chi connectivity index (χ3n) is 4.61. The minimum atomic E-state index is -0.255. The second-order valence-electron chi connectivity index (χ2n) is 5.99. The lowest BCUT2D eigenvalue weighted by molar-refractivity contribution is 0.0568.